The van der Waals surface area contributed by atoms with Crippen molar-refractivity contribution >= 4 is 29.2 Å². The topological polar surface area (TPSA) is 39.3 Å². The number of aromatic amines is 1. The van der Waals surface area contributed by atoms with E-state index in [1.54, 1.807) is 0 Å². The minimum atomic E-state index is -5.03. The summed E-state index contributed by atoms with van der Waals surface area (Å²) in [6.07, 6.45) is -6.07. The van der Waals surface area contributed by atoms with Crippen molar-refractivity contribution in [2.24, 2.45) is 0 Å². The van der Waals surface area contributed by atoms with E-state index in [-0.39, 0.29) is 25.0 Å². The monoisotopic (exact) mass is 609 g/mol. The molecule has 4 nitrogen and oxygen atoms in total. The number of aromatic nitrogens is 1. The first-order valence-electron chi connectivity index (χ1n) is 13.4. The number of halogens is 7. The van der Waals surface area contributed by atoms with Crippen LogP contribution in [-0.4, -0.2) is 52.9 Å². The molecule has 1 aromatic heterocycles. The lowest BCUT2D eigenvalue weighted by atomic mass is 9.98. The maximum Gasteiger partial charge on any atom is 0.416 e. The van der Waals surface area contributed by atoms with E-state index < -0.39 is 41.0 Å². The third-order valence-electron chi connectivity index (χ3n) is 7.58. The van der Waals surface area contributed by atoms with E-state index >= 15 is 0 Å². The summed E-state index contributed by atoms with van der Waals surface area (Å²) in [7, 11) is 0. The van der Waals surface area contributed by atoms with Gasteiger partial charge in [-0.2, -0.15) is 26.3 Å². The number of nitrogens with one attached hydrogen (secondary N) is 1. The second-order valence-electron chi connectivity index (χ2n) is 10.4. The fourth-order valence-corrected chi connectivity index (χ4v) is 5.51. The highest BCUT2D eigenvalue weighted by Gasteiger charge is 2.39. The van der Waals surface area contributed by atoms with Crippen LogP contribution >= 0.6 is 12.4 Å². The molecule has 0 radical (unpaired) electrons. The van der Waals surface area contributed by atoms with Crippen LogP contribution in [0.4, 0.5) is 26.3 Å². The summed E-state index contributed by atoms with van der Waals surface area (Å²) >= 11 is 0. The minimum absolute atomic E-state index is 0. The fourth-order valence-electron chi connectivity index (χ4n) is 5.51. The van der Waals surface area contributed by atoms with Gasteiger partial charge in [0.25, 0.3) is 5.91 Å². The predicted octanol–water partition coefficient (Wildman–Crippen LogP) is 7.63. The summed E-state index contributed by atoms with van der Waals surface area (Å²) in [4.78, 5) is 20.5. The molecule has 42 heavy (non-hydrogen) atoms. The number of nitrogens with zero attached hydrogens (tertiary/aromatic N) is 2. The Morgan fingerprint density at radius 3 is 2.17 bits per heavy atom. The summed E-state index contributed by atoms with van der Waals surface area (Å²) < 4.78 is 81.1. The zero-order chi connectivity index (χ0) is 29.2. The Labute approximate surface area is 245 Å². The Morgan fingerprint density at radius 2 is 1.50 bits per heavy atom. The van der Waals surface area contributed by atoms with Gasteiger partial charge in [0.2, 0.25) is 0 Å². The molecule has 0 bridgehead atoms. The number of fused-ring (bicyclic) bond motifs is 1. The molecule has 224 valence electrons. The number of hydrogen-bond donors (Lipinski definition) is 1. The summed E-state index contributed by atoms with van der Waals surface area (Å²) in [5.41, 5.74) is -0.569. The van der Waals surface area contributed by atoms with Crippen LogP contribution in [0.3, 0.4) is 0 Å². The standard InChI is InChI=1S/C31H29F6N3O.ClH/c32-30(33,34)24-15-22(16-25(18-24)31(35,36)37)29(41)40-14-13-39(12-6-9-21-7-2-1-3-8-21)20-26(40)17-23-19-38-28-11-5-4-10-27(23)28;/h1-5,7-8,10-11,15-16,18-19,26,38H,6,9,12-14,17,20H2;1H/t26-;/m1./s1. The second-order valence-corrected chi connectivity index (χ2v) is 10.4. The third kappa shape index (κ3) is 7.28. The number of amides is 1. The third-order valence-corrected chi connectivity index (χ3v) is 7.58. The number of piperazine rings is 1. The predicted molar refractivity (Wildman–Crippen MR) is 152 cm³/mol. The highest BCUT2D eigenvalue weighted by molar-refractivity contribution is 5.95. The molecule has 1 aliphatic heterocycles. The average Bonchev–Trinajstić information content (AvgIpc) is 3.35. The quantitative estimate of drug-likeness (QED) is 0.219. The van der Waals surface area contributed by atoms with Crippen molar-refractivity contribution in [1.29, 1.82) is 0 Å². The number of aryl methyl sites for hydroxylation is 1. The molecule has 1 amide bonds. The van der Waals surface area contributed by atoms with Gasteiger partial charge in [0.05, 0.1) is 11.1 Å². The number of carbonyl (C=O) groups is 1. The number of hydrogen-bond acceptors (Lipinski definition) is 2. The van der Waals surface area contributed by atoms with Crippen molar-refractivity contribution in [1.82, 2.24) is 14.8 Å². The SMILES string of the molecule is Cl.O=C(c1cc(C(F)(F)F)cc(C(F)(F)F)c1)N1CCN(CCCc2ccccc2)C[C@H]1Cc1c[nH]c2ccccc12. The average molecular weight is 610 g/mol. The molecule has 3 aromatic carbocycles. The molecule has 5 rings (SSSR count). The number of H-pyrrole nitrogens is 1. The van der Waals surface area contributed by atoms with Crippen molar-refractivity contribution in [3.63, 3.8) is 0 Å². The van der Waals surface area contributed by atoms with Crippen LogP contribution in [0, 0.1) is 0 Å². The van der Waals surface area contributed by atoms with Crippen molar-refractivity contribution in [2.75, 3.05) is 26.2 Å². The van der Waals surface area contributed by atoms with Gasteiger partial charge in [-0.05, 0) is 61.2 Å². The molecular weight excluding hydrogens is 580 g/mol. The summed E-state index contributed by atoms with van der Waals surface area (Å²) in [5, 5.41) is 0.958. The first-order valence-corrected chi connectivity index (χ1v) is 13.4. The van der Waals surface area contributed by atoms with E-state index in [0.29, 0.717) is 31.6 Å². The lowest BCUT2D eigenvalue weighted by Crippen LogP contribution is -2.56. The van der Waals surface area contributed by atoms with Crippen LogP contribution in [-0.2, 0) is 25.2 Å². The molecule has 0 saturated carbocycles. The Kier molecular flexibility index (Phi) is 9.57. The smallest absolute Gasteiger partial charge is 0.361 e. The molecule has 1 fully saturated rings. The van der Waals surface area contributed by atoms with E-state index in [4.69, 9.17) is 0 Å². The van der Waals surface area contributed by atoms with Gasteiger partial charge in [0.1, 0.15) is 0 Å². The molecule has 4 aromatic rings. The number of alkyl halides is 6. The normalized spacial score (nSPS) is 16.4. The van der Waals surface area contributed by atoms with E-state index in [2.05, 4.69) is 22.0 Å². The lowest BCUT2D eigenvalue weighted by Gasteiger charge is -2.42. The van der Waals surface area contributed by atoms with E-state index in [1.165, 1.54) is 10.5 Å². The van der Waals surface area contributed by atoms with Gasteiger partial charge in [-0.25, -0.2) is 0 Å². The molecule has 0 aliphatic carbocycles. The summed E-state index contributed by atoms with van der Waals surface area (Å²) in [6, 6.07) is 18.3. The van der Waals surface area contributed by atoms with Crippen LogP contribution in [0.15, 0.2) is 79.0 Å². The first kappa shape index (κ1) is 31.4. The Bertz CT molecular complexity index is 1470. The number of rotatable bonds is 7. The zero-order valence-corrected chi connectivity index (χ0v) is 23.3. The number of para-hydroxylation sites is 1. The number of benzene rings is 3. The van der Waals surface area contributed by atoms with Gasteiger partial charge in [0, 0.05) is 48.3 Å². The summed E-state index contributed by atoms with van der Waals surface area (Å²) in [5.74, 6) is -0.838. The molecule has 1 aliphatic rings. The largest absolute Gasteiger partial charge is 0.416 e. The van der Waals surface area contributed by atoms with Crippen LogP contribution in [0.25, 0.3) is 10.9 Å². The van der Waals surface area contributed by atoms with Crippen molar-refractivity contribution < 1.29 is 31.1 Å². The molecule has 11 heteroatoms. The lowest BCUT2D eigenvalue weighted by molar-refractivity contribution is -0.143. The van der Waals surface area contributed by atoms with E-state index in [1.807, 2.05) is 48.7 Å². The Morgan fingerprint density at radius 1 is 0.857 bits per heavy atom. The van der Waals surface area contributed by atoms with Crippen LogP contribution in [0.2, 0.25) is 0 Å². The molecule has 0 unspecified atom stereocenters. The van der Waals surface area contributed by atoms with E-state index in [0.717, 1.165) is 35.9 Å². The van der Waals surface area contributed by atoms with Crippen LogP contribution < -0.4 is 0 Å². The molecule has 0 spiro atoms. The van der Waals surface area contributed by atoms with Crippen LogP contribution in [0.1, 0.15) is 39.0 Å². The van der Waals surface area contributed by atoms with Crippen LogP contribution in [0.5, 0.6) is 0 Å². The molecule has 2 heterocycles. The Balaban J connectivity index is 0.00000405. The highest BCUT2D eigenvalue weighted by atomic mass is 35.5. The zero-order valence-electron chi connectivity index (χ0n) is 22.5. The Hall–Kier alpha value is -3.50. The minimum Gasteiger partial charge on any atom is -0.361 e. The maximum atomic E-state index is 13.6. The summed E-state index contributed by atoms with van der Waals surface area (Å²) in [6.45, 7) is 1.86. The highest BCUT2D eigenvalue weighted by Crippen LogP contribution is 2.37. The van der Waals surface area contributed by atoms with Crippen molar-refractivity contribution in [2.45, 2.75) is 37.7 Å². The number of carbonyl (C=O) groups excluding carboxylic acids is 1. The first-order chi connectivity index (χ1) is 19.5. The second kappa shape index (κ2) is 12.8. The van der Waals surface area contributed by atoms with E-state index in [9.17, 15) is 31.1 Å². The molecule has 1 saturated heterocycles. The van der Waals surface area contributed by atoms with Crippen molar-refractivity contribution in [3.8, 4) is 0 Å². The van der Waals surface area contributed by atoms with Gasteiger partial charge in [-0.3, -0.25) is 9.69 Å². The molecule has 1 N–H and O–H groups in total. The van der Waals surface area contributed by atoms with Gasteiger partial charge in [0.15, 0.2) is 0 Å². The maximum absolute atomic E-state index is 13.6. The molecule has 1 atom stereocenters. The van der Waals surface area contributed by atoms with Gasteiger partial charge < -0.3 is 9.88 Å². The van der Waals surface area contributed by atoms with Gasteiger partial charge >= 0.3 is 12.4 Å². The van der Waals surface area contributed by atoms with Crippen molar-refractivity contribution in [3.05, 3.63) is 107 Å². The van der Waals surface area contributed by atoms with Gasteiger partial charge in [-0.1, -0.05) is 48.5 Å². The van der Waals surface area contributed by atoms with Gasteiger partial charge in [-0.15, -0.1) is 12.4 Å². The molecular formula is C31H30ClF6N3O. The fraction of sp³-hybridized carbons (Fsp3) is 0.323.